The smallest absolute Gasteiger partial charge is 0.338 e. The first-order chi connectivity index (χ1) is 14.5. The van der Waals surface area contributed by atoms with E-state index < -0.39 is 18.5 Å². The molecule has 1 amide bonds. The lowest BCUT2D eigenvalue weighted by molar-refractivity contribution is -0.124. The average Bonchev–Trinajstić information content (AvgIpc) is 2.79. The molecule has 0 aliphatic rings. The number of ether oxygens (including phenoxy) is 6. The monoisotopic (exact) mass is 419 g/mol. The largest absolute Gasteiger partial charge is 0.493 e. The van der Waals surface area contributed by atoms with Gasteiger partial charge in [0, 0.05) is 6.54 Å². The van der Waals surface area contributed by atoms with Gasteiger partial charge >= 0.3 is 5.97 Å². The van der Waals surface area contributed by atoms with E-state index in [0.717, 1.165) is 5.56 Å². The number of carbonyl (C=O) groups excluding carboxylic acids is 2. The molecule has 0 spiro atoms. The molecular weight excluding hydrogens is 394 g/mol. The third-order valence-electron chi connectivity index (χ3n) is 4.17. The van der Waals surface area contributed by atoms with Crippen molar-refractivity contribution in [3.63, 3.8) is 0 Å². The third kappa shape index (κ3) is 5.47. The molecule has 0 fully saturated rings. The Labute approximate surface area is 174 Å². The molecule has 2 aromatic rings. The molecule has 0 heterocycles. The predicted molar refractivity (Wildman–Crippen MR) is 108 cm³/mol. The second-order valence-corrected chi connectivity index (χ2v) is 5.96. The summed E-state index contributed by atoms with van der Waals surface area (Å²) in [5.74, 6) is 1.16. The van der Waals surface area contributed by atoms with Gasteiger partial charge < -0.3 is 33.7 Å². The van der Waals surface area contributed by atoms with Crippen molar-refractivity contribution in [2.24, 2.45) is 0 Å². The summed E-state index contributed by atoms with van der Waals surface area (Å²) >= 11 is 0. The Morgan fingerprint density at radius 2 is 1.37 bits per heavy atom. The van der Waals surface area contributed by atoms with E-state index >= 15 is 0 Å². The Hall–Kier alpha value is -3.62. The molecule has 1 N–H and O–H groups in total. The lowest BCUT2D eigenvalue weighted by Gasteiger charge is -2.14. The van der Waals surface area contributed by atoms with Gasteiger partial charge in [0.2, 0.25) is 5.75 Å². The summed E-state index contributed by atoms with van der Waals surface area (Å²) in [6.07, 6.45) is 0. The highest BCUT2D eigenvalue weighted by atomic mass is 16.5. The summed E-state index contributed by atoms with van der Waals surface area (Å²) in [5, 5.41) is 2.67. The molecule has 0 unspecified atom stereocenters. The summed E-state index contributed by atoms with van der Waals surface area (Å²) in [5.41, 5.74) is 0.967. The van der Waals surface area contributed by atoms with Crippen LogP contribution in [0.5, 0.6) is 28.7 Å². The van der Waals surface area contributed by atoms with Gasteiger partial charge in [0.25, 0.3) is 5.91 Å². The summed E-state index contributed by atoms with van der Waals surface area (Å²) in [4.78, 5) is 24.3. The van der Waals surface area contributed by atoms with E-state index in [0.29, 0.717) is 28.7 Å². The molecule has 0 aliphatic heterocycles. The number of esters is 1. The van der Waals surface area contributed by atoms with Crippen molar-refractivity contribution in [2.75, 3.05) is 42.2 Å². The molecule has 30 heavy (non-hydrogen) atoms. The normalized spacial score (nSPS) is 10.0. The predicted octanol–water partition coefficient (Wildman–Crippen LogP) is 2.20. The van der Waals surface area contributed by atoms with E-state index in [1.54, 1.807) is 18.2 Å². The average molecular weight is 419 g/mol. The molecule has 162 valence electrons. The zero-order valence-electron chi connectivity index (χ0n) is 17.6. The van der Waals surface area contributed by atoms with Gasteiger partial charge in [-0.1, -0.05) is 0 Å². The van der Waals surface area contributed by atoms with Gasteiger partial charge in [-0.3, -0.25) is 4.79 Å². The molecule has 0 aliphatic carbocycles. The fourth-order valence-electron chi connectivity index (χ4n) is 2.67. The van der Waals surface area contributed by atoms with Crippen LogP contribution in [0.1, 0.15) is 15.9 Å². The third-order valence-corrected chi connectivity index (χ3v) is 4.17. The molecule has 2 aromatic carbocycles. The summed E-state index contributed by atoms with van der Waals surface area (Å²) in [6, 6.07) is 8.03. The number of carbonyl (C=O) groups is 2. The van der Waals surface area contributed by atoms with E-state index in [1.807, 2.05) is 0 Å². The number of benzene rings is 2. The van der Waals surface area contributed by atoms with Crippen LogP contribution in [0.15, 0.2) is 30.3 Å². The molecule has 9 nitrogen and oxygen atoms in total. The highest BCUT2D eigenvalue weighted by Crippen LogP contribution is 2.38. The molecule has 0 saturated heterocycles. The number of amides is 1. The first-order valence-electron chi connectivity index (χ1n) is 8.92. The Balaban J connectivity index is 1.95. The van der Waals surface area contributed by atoms with Crippen LogP contribution in [0.2, 0.25) is 0 Å². The highest BCUT2D eigenvalue weighted by Gasteiger charge is 2.15. The Morgan fingerprint density at radius 1 is 0.767 bits per heavy atom. The van der Waals surface area contributed by atoms with Crippen LogP contribution >= 0.6 is 0 Å². The van der Waals surface area contributed by atoms with Gasteiger partial charge in [0.05, 0.1) is 41.1 Å². The maximum Gasteiger partial charge on any atom is 0.338 e. The van der Waals surface area contributed by atoms with Crippen molar-refractivity contribution < 1.29 is 38.0 Å². The van der Waals surface area contributed by atoms with Crippen molar-refractivity contribution in [2.45, 2.75) is 6.54 Å². The van der Waals surface area contributed by atoms with Crippen molar-refractivity contribution >= 4 is 11.9 Å². The minimum atomic E-state index is -0.654. The SMILES string of the molecule is COc1ccc(C(=O)OCC(=O)NCc2cc(OC)c(OC)c(OC)c2)cc1OC. The van der Waals surface area contributed by atoms with Crippen LogP contribution in [0, 0.1) is 0 Å². The van der Waals surface area contributed by atoms with Gasteiger partial charge in [-0.25, -0.2) is 4.79 Å². The first kappa shape index (κ1) is 22.7. The molecule has 0 bridgehead atoms. The van der Waals surface area contributed by atoms with Crippen molar-refractivity contribution in [1.29, 1.82) is 0 Å². The maximum absolute atomic E-state index is 12.2. The second kappa shape index (κ2) is 10.8. The van der Waals surface area contributed by atoms with Crippen LogP contribution in [-0.4, -0.2) is 54.0 Å². The quantitative estimate of drug-likeness (QED) is 0.585. The van der Waals surface area contributed by atoms with E-state index in [1.165, 1.54) is 47.7 Å². The summed E-state index contributed by atoms with van der Waals surface area (Å²) in [6.45, 7) is -0.249. The van der Waals surface area contributed by atoms with Gasteiger partial charge in [-0.05, 0) is 35.9 Å². The Bertz CT molecular complexity index is 872. The first-order valence-corrected chi connectivity index (χ1v) is 8.92. The minimum Gasteiger partial charge on any atom is -0.493 e. The Kier molecular flexibility index (Phi) is 8.16. The van der Waals surface area contributed by atoms with Gasteiger partial charge in [0.15, 0.2) is 29.6 Å². The number of hydrogen-bond donors (Lipinski definition) is 1. The maximum atomic E-state index is 12.2. The molecule has 0 atom stereocenters. The molecule has 0 saturated carbocycles. The van der Waals surface area contributed by atoms with E-state index in [9.17, 15) is 9.59 Å². The fraction of sp³-hybridized carbons (Fsp3) is 0.333. The number of nitrogens with one attached hydrogen (secondary N) is 1. The fourth-order valence-corrected chi connectivity index (χ4v) is 2.67. The minimum absolute atomic E-state index is 0.184. The summed E-state index contributed by atoms with van der Waals surface area (Å²) < 4.78 is 31.2. The number of hydrogen-bond acceptors (Lipinski definition) is 8. The van der Waals surface area contributed by atoms with Crippen LogP contribution in [-0.2, 0) is 16.1 Å². The van der Waals surface area contributed by atoms with Crippen molar-refractivity contribution in [3.05, 3.63) is 41.5 Å². The Morgan fingerprint density at radius 3 is 1.90 bits per heavy atom. The molecular formula is C21H25NO8. The highest BCUT2D eigenvalue weighted by molar-refractivity contribution is 5.92. The zero-order chi connectivity index (χ0) is 22.1. The van der Waals surface area contributed by atoms with Gasteiger partial charge in [0.1, 0.15) is 0 Å². The molecule has 0 radical (unpaired) electrons. The topological polar surface area (TPSA) is 102 Å². The second-order valence-electron chi connectivity index (χ2n) is 5.96. The van der Waals surface area contributed by atoms with Crippen LogP contribution < -0.4 is 29.0 Å². The van der Waals surface area contributed by atoms with Gasteiger partial charge in [-0.2, -0.15) is 0 Å². The van der Waals surface area contributed by atoms with Crippen molar-refractivity contribution in [1.82, 2.24) is 5.32 Å². The lowest BCUT2D eigenvalue weighted by Crippen LogP contribution is -2.28. The van der Waals surface area contributed by atoms with Gasteiger partial charge in [-0.15, -0.1) is 0 Å². The van der Waals surface area contributed by atoms with Crippen LogP contribution in [0.4, 0.5) is 0 Å². The number of methoxy groups -OCH3 is 5. The van der Waals surface area contributed by atoms with E-state index in [2.05, 4.69) is 5.32 Å². The zero-order valence-corrected chi connectivity index (χ0v) is 17.6. The summed E-state index contributed by atoms with van der Waals surface area (Å²) in [7, 11) is 7.48. The van der Waals surface area contributed by atoms with Crippen LogP contribution in [0.25, 0.3) is 0 Å². The molecule has 2 rings (SSSR count). The standard InChI is InChI=1S/C21H25NO8/c1-25-15-7-6-14(10-16(15)26-2)21(24)30-12-19(23)22-11-13-8-17(27-3)20(29-5)18(9-13)28-4/h6-10H,11-12H2,1-5H3,(H,22,23). The van der Waals surface area contributed by atoms with Crippen molar-refractivity contribution in [3.8, 4) is 28.7 Å². The van der Waals surface area contributed by atoms with E-state index in [4.69, 9.17) is 28.4 Å². The van der Waals surface area contributed by atoms with E-state index in [-0.39, 0.29) is 12.1 Å². The lowest BCUT2D eigenvalue weighted by atomic mass is 10.1. The molecule has 9 heteroatoms. The number of rotatable bonds is 10. The van der Waals surface area contributed by atoms with Crippen LogP contribution in [0.3, 0.4) is 0 Å². The molecule has 0 aromatic heterocycles.